The summed E-state index contributed by atoms with van der Waals surface area (Å²) < 4.78 is 11.7. The molecule has 1 aliphatic rings. The molecule has 0 atom stereocenters. The summed E-state index contributed by atoms with van der Waals surface area (Å²) in [6, 6.07) is 17.9. The van der Waals surface area contributed by atoms with Crippen LogP contribution in [0.3, 0.4) is 0 Å². The quantitative estimate of drug-likeness (QED) is 0.551. The number of carbonyl (C=O) groups excluding carboxylic acids is 2. The molecule has 2 amide bonds. The molecule has 3 aromatic rings. The maximum absolute atomic E-state index is 12.9. The van der Waals surface area contributed by atoms with Crippen molar-refractivity contribution in [2.45, 2.75) is 46.4 Å². The third kappa shape index (κ3) is 5.47. The van der Waals surface area contributed by atoms with Gasteiger partial charge in [-0.3, -0.25) is 14.7 Å². The number of pyridine rings is 1. The summed E-state index contributed by atoms with van der Waals surface area (Å²) in [6.07, 6.45) is -0.461. The van der Waals surface area contributed by atoms with Crippen molar-refractivity contribution in [3.8, 4) is 5.75 Å². The minimum atomic E-state index is -0.598. The van der Waals surface area contributed by atoms with E-state index in [2.05, 4.69) is 0 Å². The van der Waals surface area contributed by atoms with Crippen LogP contribution in [-0.2, 0) is 22.7 Å². The van der Waals surface area contributed by atoms with Crippen LogP contribution in [-0.4, -0.2) is 52.0 Å². The van der Waals surface area contributed by atoms with Gasteiger partial charge < -0.3 is 14.4 Å². The van der Waals surface area contributed by atoms with Gasteiger partial charge in [0.1, 0.15) is 24.5 Å². The first-order valence-electron chi connectivity index (χ1n) is 11.5. The molecular formula is C27H31N3O4. The predicted molar refractivity (Wildman–Crippen MR) is 130 cm³/mol. The van der Waals surface area contributed by atoms with Gasteiger partial charge >= 0.3 is 6.09 Å². The normalized spacial score (nSPS) is 14.4. The van der Waals surface area contributed by atoms with Gasteiger partial charge in [0.05, 0.1) is 17.8 Å². The first-order valence-corrected chi connectivity index (χ1v) is 11.5. The van der Waals surface area contributed by atoms with Crippen LogP contribution < -0.4 is 4.74 Å². The molecule has 7 nitrogen and oxygen atoms in total. The molecule has 1 aromatic heterocycles. The number of fused-ring (bicyclic) bond motifs is 1. The zero-order valence-corrected chi connectivity index (χ0v) is 20.2. The van der Waals surface area contributed by atoms with Crippen molar-refractivity contribution in [3.63, 3.8) is 0 Å². The van der Waals surface area contributed by atoms with Crippen LogP contribution in [0.5, 0.6) is 5.75 Å². The van der Waals surface area contributed by atoms with Crippen molar-refractivity contribution in [1.82, 2.24) is 14.8 Å². The topological polar surface area (TPSA) is 72.0 Å². The average molecular weight is 462 g/mol. The lowest BCUT2D eigenvalue weighted by Crippen LogP contribution is -2.52. The highest BCUT2D eigenvalue weighted by atomic mass is 16.6. The zero-order valence-electron chi connectivity index (χ0n) is 20.2. The fraction of sp³-hybridized carbons (Fsp3) is 0.370. The van der Waals surface area contributed by atoms with Gasteiger partial charge in [-0.1, -0.05) is 42.5 Å². The number of ether oxygens (including phenoxy) is 2. The monoisotopic (exact) mass is 461 g/mol. The van der Waals surface area contributed by atoms with E-state index in [4.69, 9.17) is 14.5 Å². The van der Waals surface area contributed by atoms with Crippen LogP contribution in [0.2, 0.25) is 0 Å². The molecule has 0 bridgehead atoms. The lowest BCUT2D eigenvalue weighted by molar-refractivity contribution is -0.136. The minimum absolute atomic E-state index is 0.00108. The highest BCUT2D eigenvalue weighted by Gasteiger charge is 2.31. The lowest BCUT2D eigenvalue weighted by Gasteiger charge is -2.35. The number of carbonyl (C=O) groups is 2. The number of hydrogen-bond donors (Lipinski definition) is 0. The van der Waals surface area contributed by atoms with Gasteiger partial charge in [-0.2, -0.15) is 0 Å². The predicted octanol–water partition coefficient (Wildman–Crippen LogP) is 4.70. The number of aromatic nitrogens is 1. The number of benzene rings is 2. The summed E-state index contributed by atoms with van der Waals surface area (Å²) in [7, 11) is 0. The van der Waals surface area contributed by atoms with Crippen LogP contribution in [0.15, 0.2) is 54.6 Å². The SMILES string of the molecule is Cc1c(CN2CCN(C(=O)OC(C)(C)C)CC2=O)nc2ccccc2c1OCc1ccccc1. The Hall–Kier alpha value is -3.61. The molecule has 7 heteroatoms. The average Bonchev–Trinajstić information content (AvgIpc) is 2.80. The standard InChI is InChI=1S/C27H31N3O4/c1-19-23(16-29-14-15-30(17-24(29)31)26(32)34-27(2,3)4)28-22-13-9-8-12-21(22)25(19)33-18-20-10-6-5-7-11-20/h5-13H,14-18H2,1-4H3. The van der Waals surface area contributed by atoms with E-state index in [1.54, 1.807) is 4.90 Å². The number of amides is 2. The molecule has 34 heavy (non-hydrogen) atoms. The summed E-state index contributed by atoms with van der Waals surface area (Å²) in [4.78, 5) is 33.3. The molecule has 0 unspecified atom stereocenters. The Kier molecular flexibility index (Phi) is 6.72. The van der Waals surface area contributed by atoms with Crippen molar-refractivity contribution in [3.05, 3.63) is 71.4 Å². The molecule has 0 aliphatic carbocycles. The minimum Gasteiger partial charge on any atom is -0.488 e. The van der Waals surface area contributed by atoms with E-state index >= 15 is 0 Å². The van der Waals surface area contributed by atoms with Gasteiger partial charge in [-0.15, -0.1) is 0 Å². The van der Waals surface area contributed by atoms with E-state index in [1.807, 2.05) is 82.3 Å². The van der Waals surface area contributed by atoms with Gasteiger partial charge in [-0.25, -0.2) is 4.79 Å². The van der Waals surface area contributed by atoms with Crippen LogP contribution in [0.25, 0.3) is 10.9 Å². The summed E-state index contributed by atoms with van der Waals surface area (Å²) in [5.41, 5.74) is 3.01. The molecule has 1 aliphatic heterocycles. The van der Waals surface area contributed by atoms with E-state index in [0.29, 0.717) is 26.2 Å². The molecule has 4 rings (SSSR count). The van der Waals surface area contributed by atoms with Crippen molar-refractivity contribution < 1.29 is 19.1 Å². The Morgan fingerprint density at radius 2 is 1.74 bits per heavy atom. The Bertz CT molecular complexity index is 1190. The summed E-state index contributed by atoms with van der Waals surface area (Å²) in [6.45, 7) is 9.08. The number of hydrogen-bond acceptors (Lipinski definition) is 5. The van der Waals surface area contributed by atoms with Crippen molar-refractivity contribution in [2.24, 2.45) is 0 Å². The summed E-state index contributed by atoms with van der Waals surface area (Å²) >= 11 is 0. The van der Waals surface area contributed by atoms with Crippen molar-refractivity contribution in [1.29, 1.82) is 0 Å². The maximum Gasteiger partial charge on any atom is 0.410 e. The van der Waals surface area contributed by atoms with Crippen LogP contribution in [0, 0.1) is 6.92 Å². The molecule has 178 valence electrons. The summed E-state index contributed by atoms with van der Waals surface area (Å²) in [5.74, 6) is 0.655. The smallest absolute Gasteiger partial charge is 0.410 e. The fourth-order valence-electron chi connectivity index (χ4n) is 3.93. The highest BCUT2D eigenvalue weighted by Crippen LogP contribution is 2.32. The van der Waals surface area contributed by atoms with Crippen molar-refractivity contribution in [2.75, 3.05) is 19.6 Å². The Morgan fingerprint density at radius 3 is 2.44 bits per heavy atom. The molecule has 2 aromatic carbocycles. The molecule has 0 spiro atoms. The van der Waals surface area contributed by atoms with Crippen LogP contribution >= 0.6 is 0 Å². The van der Waals surface area contributed by atoms with Crippen LogP contribution in [0.4, 0.5) is 4.79 Å². The van der Waals surface area contributed by atoms with Gasteiger partial charge in [0, 0.05) is 24.0 Å². The van der Waals surface area contributed by atoms with Crippen LogP contribution in [0.1, 0.15) is 37.6 Å². The van der Waals surface area contributed by atoms with Gasteiger partial charge in [-0.05, 0) is 45.4 Å². The first-order chi connectivity index (χ1) is 16.2. The number of para-hydroxylation sites is 1. The van der Waals surface area contributed by atoms with Gasteiger partial charge in [0.2, 0.25) is 5.91 Å². The molecule has 1 saturated heterocycles. The Balaban J connectivity index is 1.53. The van der Waals surface area contributed by atoms with E-state index < -0.39 is 11.7 Å². The number of rotatable bonds is 5. The third-order valence-electron chi connectivity index (χ3n) is 5.71. The molecule has 0 saturated carbocycles. The van der Waals surface area contributed by atoms with E-state index in [0.717, 1.165) is 33.5 Å². The van der Waals surface area contributed by atoms with Gasteiger partial charge in [0.15, 0.2) is 0 Å². The number of piperazine rings is 1. The van der Waals surface area contributed by atoms with Gasteiger partial charge in [0.25, 0.3) is 0 Å². The molecule has 2 heterocycles. The zero-order chi connectivity index (χ0) is 24.3. The second kappa shape index (κ2) is 9.71. The molecule has 0 N–H and O–H groups in total. The molecule has 1 fully saturated rings. The largest absolute Gasteiger partial charge is 0.488 e. The number of nitrogens with zero attached hydrogens (tertiary/aromatic N) is 3. The third-order valence-corrected chi connectivity index (χ3v) is 5.71. The lowest BCUT2D eigenvalue weighted by atomic mass is 10.1. The molecular weight excluding hydrogens is 430 g/mol. The van der Waals surface area contributed by atoms with E-state index in [-0.39, 0.29) is 12.5 Å². The Labute approximate surface area is 200 Å². The highest BCUT2D eigenvalue weighted by molar-refractivity contribution is 5.87. The Morgan fingerprint density at radius 1 is 1.03 bits per heavy atom. The second-order valence-electron chi connectivity index (χ2n) is 9.52. The van der Waals surface area contributed by atoms with E-state index in [1.165, 1.54) is 4.90 Å². The first kappa shape index (κ1) is 23.5. The summed E-state index contributed by atoms with van der Waals surface area (Å²) in [5, 5.41) is 0.945. The second-order valence-corrected chi connectivity index (χ2v) is 9.52. The molecule has 0 radical (unpaired) electrons. The maximum atomic E-state index is 12.9. The fourth-order valence-corrected chi connectivity index (χ4v) is 3.93. The van der Waals surface area contributed by atoms with Crippen molar-refractivity contribution >= 4 is 22.9 Å². The van der Waals surface area contributed by atoms with E-state index in [9.17, 15) is 9.59 Å².